The lowest BCUT2D eigenvalue weighted by molar-refractivity contribution is -0.117. The number of hydrogen-bond acceptors (Lipinski definition) is 8. The second-order valence-corrected chi connectivity index (χ2v) is 8.82. The maximum atomic E-state index is 13.1. The SMILES string of the molecule is Cc1noc(N(C(=O)Cc2ccc3c(c2)OCO3)S(=O)(=O)c2ccsc2)c1Cl. The molecule has 0 bridgehead atoms. The monoisotopic (exact) mass is 440 g/mol. The van der Waals surface area contributed by atoms with Gasteiger partial charge in [0.25, 0.3) is 15.9 Å². The van der Waals surface area contributed by atoms with Crippen molar-refractivity contribution in [2.24, 2.45) is 0 Å². The number of aromatic nitrogens is 1. The molecule has 0 radical (unpaired) electrons. The molecule has 0 atom stereocenters. The summed E-state index contributed by atoms with van der Waals surface area (Å²) < 4.78 is 42.4. The fourth-order valence-electron chi connectivity index (χ4n) is 2.63. The van der Waals surface area contributed by atoms with Gasteiger partial charge < -0.3 is 14.0 Å². The van der Waals surface area contributed by atoms with Gasteiger partial charge in [-0.1, -0.05) is 22.8 Å². The molecule has 3 heterocycles. The number of nitrogens with zero attached hydrogens (tertiary/aromatic N) is 2. The van der Waals surface area contributed by atoms with E-state index in [0.717, 1.165) is 0 Å². The third-order valence-corrected chi connectivity index (χ3v) is 6.98. The maximum Gasteiger partial charge on any atom is 0.274 e. The number of aryl methyl sites for hydroxylation is 1. The molecular weight excluding hydrogens is 428 g/mol. The van der Waals surface area contributed by atoms with E-state index in [9.17, 15) is 13.2 Å². The van der Waals surface area contributed by atoms with Gasteiger partial charge >= 0.3 is 0 Å². The number of benzene rings is 1. The van der Waals surface area contributed by atoms with Crippen LogP contribution in [0.2, 0.25) is 5.02 Å². The summed E-state index contributed by atoms with van der Waals surface area (Å²) in [7, 11) is -4.23. The Morgan fingerprint density at radius 1 is 1.29 bits per heavy atom. The average molecular weight is 441 g/mol. The molecule has 0 spiro atoms. The highest BCUT2D eigenvalue weighted by molar-refractivity contribution is 7.93. The highest BCUT2D eigenvalue weighted by atomic mass is 35.5. The van der Waals surface area contributed by atoms with Crippen LogP contribution in [-0.4, -0.2) is 26.3 Å². The second kappa shape index (κ2) is 7.12. The lowest BCUT2D eigenvalue weighted by Gasteiger charge is -2.19. The highest BCUT2D eigenvalue weighted by Crippen LogP contribution is 2.35. The zero-order chi connectivity index (χ0) is 19.9. The van der Waals surface area contributed by atoms with Crippen LogP contribution in [0.4, 0.5) is 5.88 Å². The number of anilines is 1. The fourth-order valence-corrected chi connectivity index (χ4v) is 5.22. The first-order valence-corrected chi connectivity index (χ1v) is 10.7. The van der Waals surface area contributed by atoms with Crippen molar-refractivity contribution in [2.75, 3.05) is 11.1 Å². The topological polar surface area (TPSA) is 98.9 Å². The normalized spacial score (nSPS) is 12.9. The summed E-state index contributed by atoms with van der Waals surface area (Å²) >= 11 is 7.34. The number of ether oxygens (including phenoxy) is 2. The number of fused-ring (bicyclic) bond motifs is 1. The Morgan fingerprint density at radius 2 is 2.07 bits per heavy atom. The van der Waals surface area contributed by atoms with Gasteiger partial charge in [0.15, 0.2) is 11.5 Å². The van der Waals surface area contributed by atoms with E-state index in [1.807, 2.05) is 0 Å². The first-order chi connectivity index (χ1) is 13.4. The second-order valence-electron chi connectivity index (χ2n) is 5.87. The number of carbonyl (C=O) groups excluding carboxylic acids is 1. The van der Waals surface area contributed by atoms with E-state index < -0.39 is 15.9 Å². The van der Waals surface area contributed by atoms with Crippen molar-refractivity contribution < 1.29 is 27.2 Å². The van der Waals surface area contributed by atoms with Crippen LogP contribution < -0.4 is 13.8 Å². The van der Waals surface area contributed by atoms with Crippen LogP contribution in [-0.2, 0) is 21.2 Å². The molecule has 0 N–H and O–H groups in total. The molecule has 1 amide bonds. The lowest BCUT2D eigenvalue weighted by Crippen LogP contribution is -2.38. The number of halogens is 1. The van der Waals surface area contributed by atoms with Gasteiger partial charge in [-0.15, -0.1) is 0 Å². The minimum Gasteiger partial charge on any atom is -0.454 e. The van der Waals surface area contributed by atoms with Crippen molar-refractivity contribution in [1.29, 1.82) is 0 Å². The largest absolute Gasteiger partial charge is 0.454 e. The van der Waals surface area contributed by atoms with Gasteiger partial charge in [-0.05, 0) is 36.1 Å². The molecule has 0 unspecified atom stereocenters. The van der Waals surface area contributed by atoms with Gasteiger partial charge in [-0.25, -0.2) is 8.42 Å². The Bertz CT molecular complexity index is 1140. The molecule has 8 nitrogen and oxygen atoms in total. The van der Waals surface area contributed by atoms with E-state index in [1.165, 1.54) is 22.8 Å². The van der Waals surface area contributed by atoms with Gasteiger partial charge in [0.05, 0.1) is 11.3 Å². The van der Waals surface area contributed by atoms with Crippen molar-refractivity contribution in [3.05, 3.63) is 51.3 Å². The third-order valence-electron chi connectivity index (χ3n) is 4.01. The van der Waals surface area contributed by atoms with Crippen molar-refractivity contribution in [3.63, 3.8) is 0 Å². The van der Waals surface area contributed by atoms with E-state index in [0.29, 0.717) is 21.4 Å². The van der Waals surface area contributed by atoms with E-state index in [2.05, 4.69) is 5.16 Å². The molecule has 28 heavy (non-hydrogen) atoms. The first kappa shape index (κ1) is 18.8. The van der Waals surface area contributed by atoms with Gasteiger partial charge in [0, 0.05) is 5.38 Å². The van der Waals surface area contributed by atoms with E-state index >= 15 is 0 Å². The molecule has 0 saturated heterocycles. The Morgan fingerprint density at radius 3 is 2.75 bits per heavy atom. The van der Waals surface area contributed by atoms with Crippen molar-refractivity contribution in [1.82, 2.24) is 5.16 Å². The quantitative estimate of drug-likeness (QED) is 0.599. The average Bonchev–Trinajstić information content (AvgIpc) is 3.39. The molecule has 11 heteroatoms. The number of rotatable bonds is 5. The standard InChI is InChI=1S/C17H13ClN2O6S2/c1-10-16(18)17(26-19-10)20(28(22,23)12-4-5-27-8-12)15(21)7-11-2-3-13-14(6-11)25-9-24-13/h2-6,8H,7,9H2,1H3. The summed E-state index contributed by atoms with van der Waals surface area (Å²) in [6.45, 7) is 1.64. The molecular formula is C17H13ClN2O6S2. The van der Waals surface area contributed by atoms with E-state index in [1.54, 1.807) is 30.5 Å². The molecule has 0 fully saturated rings. The number of carbonyl (C=O) groups is 1. The molecule has 146 valence electrons. The van der Waals surface area contributed by atoms with E-state index in [4.69, 9.17) is 25.6 Å². The van der Waals surface area contributed by atoms with Crippen LogP contribution >= 0.6 is 22.9 Å². The summed E-state index contributed by atoms with van der Waals surface area (Å²) in [5.74, 6) is -0.0295. The summed E-state index contributed by atoms with van der Waals surface area (Å²) in [6, 6.07) is 6.35. The van der Waals surface area contributed by atoms with Crippen LogP contribution in [0.1, 0.15) is 11.3 Å². The number of sulfonamides is 1. The molecule has 3 aromatic rings. The molecule has 0 saturated carbocycles. The Kier molecular flexibility index (Phi) is 4.77. The van der Waals surface area contributed by atoms with Crippen molar-refractivity contribution in [2.45, 2.75) is 18.2 Å². The predicted octanol–water partition coefficient (Wildman–Crippen LogP) is 3.39. The molecule has 1 aliphatic rings. The summed E-state index contributed by atoms with van der Waals surface area (Å²) in [5, 5.41) is 6.65. The third kappa shape index (κ3) is 3.23. The van der Waals surface area contributed by atoms with Gasteiger partial charge in [0.1, 0.15) is 10.7 Å². The molecule has 0 aliphatic carbocycles. The summed E-state index contributed by atoms with van der Waals surface area (Å²) in [5.41, 5.74) is 0.824. The Hall–Kier alpha value is -2.56. The molecule has 2 aromatic heterocycles. The number of amides is 1. The Balaban J connectivity index is 1.73. The maximum absolute atomic E-state index is 13.1. The van der Waals surface area contributed by atoms with Crippen molar-refractivity contribution >= 4 is 44.8 Å². The Labute approximate surface area is 169 Å². The molecule has 1 aliphatic heterocycles. The van der Waals surface area contributed by atoms with Crippen LogP contribution in [0, 0.1) is 6.92 Å². The summed E-state index contributed by atoms with van der Waals surface area (Å²) in [6.07, 6.45) is -0.226. The van der Waals surface area contributed by atoms with Crippen LogP contribution in [0.5, 0.6) is 11.5 Å². The van der Waals surface area contributed by atoms with Crippen LogP contribution in [0.25, 0.3) is 0 Å². The minimum atomic E-state index is -4.23. The predicted molar refractivity (Wildman–Crippen MR) is 102 cm³/mol. The van der Waals surface area contributed by atoms with Gasteiger partial charge in [0.2, 0.25) is 12.7 Å². The fraction of sp³-hybridized carbons (Fsp3) is 0.176. The van der Waals surface area contributed by atoms with E-state index in [-0.39, 0.29) is 34.7 Å². The number of thiophene rings is 1. The number of hydrogen-bond donors (Lipinski definition) is 0. The van der Waals surface area contributed by atoms with Crippen molar-refractivity contribution in [3.8, 4) is 11.5 Å². The molecule has 1 aromatic carbocycles. The zero-order valence-electron chi connectivity index (χ0n) is 14.4. The smallest absolute Gasteiger partial charge is 0.274 e. The van der Waals surface area contributed by atoms with Gasteiger partial charge in [-0.2, -0.15) is 15.6 Å². The minimum absolute atomic E-state index is 0.0401. The highest BCUT2D eigenvalue weighted by Gasteiger charge is 2.36. The van der Waals surface area contributed by atoms with Gasteiger partial charge in [-0.3, -0.25) is 4.79 Å². The zero-order valence-corrected chi connectivity index (χ0v) is 16.8. The van der Waals surface area contributed by atoms with Crippen LogP contribution in [0.3, 0.4) is 0 Å². The molecule has 4 rings (SSSR count). The van der Waals surface area contributed by atoms with Crippen LogP contribution in [0.15, 0.2) is 44.4 Å². The first-order valence-electron chi connectivity index (χ1n) is 7.98. The lowest BCUT2D eigenvalue weighted by atomic mass is 10.1. The summed E-state index contributed by atoms with van der Waals surface area (Å²) in [4.78, 5) is 13.0.